The summed E-state index contributed by atoms with van der Waals surface area (Å²) < 4.78 is 5.59. The van der Waals surface area contributed by atoms with Gasteiger partial charge in [-0.05, 0) is 38.7 Å². The Balaban J connectivity index is 2.24. The van der Waals surface area contributed by atoms with Crippen molar-refractivity contribution in [1.82, 2.24) is 9.97 Å². The van der Waals surface area contributed by atoms with Crippen LogP contribution >= 0.6 is 0 Å². The number of rotatable bonds is 4. The predicted octanol–water partition coefficient (Wildman–Crippen LogP) is 2.21. The van der Waals surface area contributed by atoms with E-state index < -0.39 is 11.9 Å². The Morgan fingerprint density at radius 2 is 2.05 bits per heavy atom. The Kier molecular flexibility index (Phi) is 4.14. The van der Waals surface area contributed by atoms with E-state index >= 15 is 0 Å². The van der Waals surface area contributed by atoms with Crippen LogP contribution in [0.5, 0.6) is 0 Å². The molecule has 5 heteroatoms. The first-order valence-corrected chi connectivity index (χ1v) is 6.67. The highest BCUT2D eigenvalue weighted by Gasteiger charge is 2.23. The van der Waals surface area contributed by atoms with E-state index in [1.807, 2.05) is 13.8 Å². The highest BCUT2D eigenvalue weighted by Crippen LogP contribution is 2.27. The van der Waals surface area contributed by atoms with E-state index in [-0.39, 0.29) is 6.10 Å². The fourth-order valence-corrected chi connectivity index (χ4v) is 2.38. The summed E-state index contributed by atoms with van der Waals surface area (Å²) in [6.45, 7) is 6.30. The smallest absolute Gasteiger partial charge is 0.306 e. The lowest BCUT2D eigenvalue weighted by Crippen LogP contribution is -2.16. The van der Waals surface area contributed by atoms with Crippen molar-refractivity contribution >= 4 is 5.97 Å². The molecule has 19 heavy (non-hydrogen) atoms. The summed E-state index contributed by atoms with van der Waals surface area (Å²) in [6.07, 6.45) is 2.48. The van der Waals surface area contributed by atoms with Crippen LogP contribution in [-0.4, -0.2) is 27.7 Å². The molecule has 1 saturated heterocycles. The van der Waals surface area contributed by atoms with Gasteiger partial charge in [0.25, 0.3) is 0 Å². The van der Waals surface area contributed by atoms with E-state index in [9.17, 15) is 4.79 Å². The molecule has 0 spiro atoms. The van der Waals surface area contributed by atoms with E-state index in [0.717, 1.165) is 42.2 Å². The van der Waals surface area contributed by atoms with Crippen LogP contribution in [0.1, 0.15) is 48.6 Å². The molecule has 0 aliphatic carbocycles. The van der Waals surface area contributed by atoms with Gasteiger partial charge < -0.3 is 9.84 Å². The molecule has 0 aromatic carbocycles. The topological polar surface area (TPSA) is 72.3 Å². The van der Waals surface area contributed by atoms with Crippen molar-refractivity contribution in [2.45, 2.75) is 46.1 Å². The number of hydrogen-bond acceptors (Lipinski definition) is 4. The molecular weight excluding hydrogens is 244 g/mol. The quantitative estimate of drug-likeness (QED) is 0.902. The molecule has 0 radical (unpaired) electrons. The Morgan fingerprint density at radius 3 is 2.53 bits per heavy atom. The number of aliphatic carboxylic acids is 1. The van der Waals surface area contributed by atoms with Gasteiger partial charge in [-0.25, -0.2) is 9.97 Å². The molecule has 104 valence electrons. The maximum absolute atomic E-state index is 10.9. The third-order valence-electron chi connectivity index (χ3n) is 3.59. The van der Waals surface area contributed by atoms with E-state index in [1.54, 1.807) is 6.92 Å². The van der Waals surface area contributed by atoms with Gasteiger partial charge in [-0.2, -0.15) is 0 Å². The summed E-state index contributed by atoms with van der Waals surface area (Å²) >= 11 is 0. The molecule has 0 bridgehead atoms. The zero-order valence-corrected chi connectivity index (χ0v) is 11.6. The van der Waals surface area contributed by atoms with E-state index in [2.05, 4.69) is 9.97 Å². The predicted molar refractivity (Wildman–Crippen MR) is 69.9 cm³/mol. The summed E-state index contributed by atoms with van der Waals surface area (Å²) in [7, 11) is 0. The molecule has 1 aliphatic heterocycles. The van der Waals surface area contributed by atoms with Gasteiger partial charge in [-0.3, -0.25) is 4.79 Å². The number of carbonyl (C=O) groups is 1. The van der Waals surface area contributed by atoms with Crippen molar-refractivity contribution in [1.29, 1.82) is 0 Å². The summed E-state index contributed by atoms with van der Waals surface area (Å²) in [5.74, 6) is -0.476. The maximum atomic E-state index is 10.9. The maximum Gasteiger partial charge on any atom is 0.306 e. The second kappa shape index (κ2) is 5.65. The summed E-state index contributed by atoms with van der Waals surface area (Å²) in [5, 5.41) is 8.99. The number of hydrogen-bond donors (Lipinski definition) is 1. The van der Waals surface area contributed by atoms with Crippen LogP contribution in [0.25, 0.3) is 0 Å². The fraction of sp³-hybridized carbons (Fsp3) is 0.643. The van der Waals surface area contributed by atoms with Crippen LogP contribution in [0, 0.1) is 19.8 Å². The lowest BCUT2D eigenvalue weighted by Gasteiger charge is -2.15. The van der Waals surface area contributed by atoms with Crippen molar-refractivity contribution in [2.24, 2.45) is 5.92 Å². The highest BCUT2D eigenvalue weighted by molar-refractivity contribution is 5.70. The number of carboxylic acid groups (broad SMARTS) is 1. The van der Waals surface area contributed by atoms with Gasteiger partial charge in [0.15, 0.2) is 5.82 Å². The van der Waals surface area contributed by atoms with E-state index in [4.69, 9.17) is 9.84 Å². The fourth-order valence-electron chi connectivity index (χ4n) is 2.38. The Bertz CT molecular complexity index is 459. The SMILES string of the molecule is Cc1nc(C2CCCO2)nc(C)c1CC(C)C(=O)O. The number of ether oxygens (including phenoxy) is 1. The van der Waals surface area contributed by atoms with Gasteiger partial charge in [0.2, 0.25) is 0 Å². The molecule has 1 aliphatic rings. The van der Waals surface area contributed by atoms with E-state index in [0.29, 0.717) is 6.42 Å². The van der Waals surface area contributed by atoms with Gasteiger partial charge in [0, 0.05) is 18.0 Å². The van der Waals surface area contributed by atoms with E-state index in [1.165, 1.54) is 0 Å². The number of aromatic nitrogens is 2. The van der Waals surface area contributed by atoms with Crippen LogP contribution in [-0.2, 0) is 16.0 Å². The molecule has 2 atom stereocenters. The van der Waals surface area contributed by atoms with Crippen molar-refractivity contribution in [3.05, 3.63) is 22.8 Å². The molecular formula is C14H20N2O3. The first-order chi connectivity index (χ1) is 8.99. The third kappa shape index (κ3) is 3.10. The molecule has 5 nitrogen and oxygen atoms in total. The summed E-state index contributed by atoms with van der Waals surface area (Å²) in [4.78, 5) is 19.9. The van der Waals surface area contributed by atoms with Gasteiger partial charge in [0.1, 0.15) is 6.10 Å². The number of carboxylic acids is 1. The minimum Gasteiger partial charge on any atom is -0.481 e. The molecule has 0 saturated carbocycles. The lowest BCUT2D eigenvalue weighted by atomic mass is 9.99. The molecule has 2 heterocycles. The third-order valence-corrected chi connectivity index (χ3v) is 3.59. The van der Waals surface area contributed by atoms with Crippen molar-refractivity contribution in [2.75, 3.05) is 6.61 Å². The van der Waals surface area contributed by atoms with Crippen LogP contribution < -0.4 is 0 Å². The van der Waals surface area contributed by atoms with Gasteiger partial charge in [-0.1, -0.05) is 6.92 Å². The molecule has 2 unspecified atom stereocenters. The highest BCUT2D eigenvalue weighted by atomic mass is 16.5. The van der Waals surface area contributed by atoms with Gasteiger partial charge >= 0.3 is 5.97 Å². The molecule has 1 N–H and O–H groups in total. The summed E-state index contributed by atoms with van der Waals surface area (Å²) in [6, 6.07) is 0. The van der Waals surface area contributed by atoms with Crippen molar-refractivity contribution < 1.29 is 14.6 Å². The lowest BCUT2D eigenvalue weighted by molar-refractivity contribution is -0.141. The molecule has 0 amide bonds. The Hall–Kier alpha value is -1.49. The second-order valence-electron chi connectivity index (χ2n) is 5.18. The van der Waals surface area contributed by atoms with Crippen LogP contribution in [0.4, 0.5) is 0 Å². The zero-order chi connectivity index (χ0) is 14.0. The number of aryl methyl sites for hydroxylation is 2. The minimum absolute atomic E-state index is 0.00310. The summed E-state index contributed by atoms with van der Waals surface area (Å²) in [5.41, 5.74) is 2.67. The zero-order valence-electron chi connectivity index (χ0n) is 11.6. The minimum atomic E-state index is -0.790. The molecule has 1 aromatic rings. The van der Waals surface area contributed by atoms with Crippen molar-refractivity contribution in [3.63, 3.8) is 0 Å². The van der Waals surface area contributed by atoms with Crippen LogP contribution in [0.15, 0.2) is 0 Å². The standard InChI is InChI=1S/C14H20N2O3/c1-8(14(17)18)7-11-9(2)15-13(16-10(11)3)12-5-4-6-19-12/h8,12H,4-7H2,1-3H3,(H,17,18). The second-order valence-corrected chi connectivity index (χ2v) is 5.18. The van der Waals surface area contributed by atoms with Gasteiger partial charge in [0.05, 0.1) is 5.92 Å². The average molecular weight is 264 g/mol. The first-order valence-electron chi connectivity index (χ1n) is 6.67. The Labute approximate surface area is 113 Å². The van der Waals surface area contributed by atoms with Crippen molar-refractivity contribution in [3.8, 4) is 0 Å². The normalized spacial score (nSPS) is 20.5. The Morgan fingerprint density at radius 1 is 1.42 bits per heavy atom. The largest absolute Gasteiger partial charge is 0.481 e. The molecule has 2 rings (SSSR count). The van der Waals surface area contributed by atoms with Crippen LogP contribution in [0.2, 0.25) is 0 Å². The average Bonchev–Trinajstić information content (AvgIpc) is 2.86. The number of nitrogens with zero attached hydrogens (tertiary/aromatic N) is 2. The monoisotopic (exact) mass is 264 g/mol. The molecule has 1 fully saturated rings. The first kappa shape index (κ1) is 13.9. The van der Waals surface area contributed by atoms with Gasteiger partial charge in [-0.15, -0.1) is 0 Å². The van der Waals surface area contributed by atoms with Crippen LogP contribution in [0.3, 0.4) is 0 Å². The molecule has 1 aromatic heterocycles.